The number of para-hydroxylation sites is 1. The third kappa shape index (κ3) is 3.46. The number of ether oxygens (including phenoxy) is 1. The molecule has 0 aliphatic heterocycles. The Balaban J connectivity index is 2.08. The second-order valence-electron chi connectivity index (χ2n) is 4.89. The summed E-state index contributed by atoms with van der Waals surface area (Å²) in [5.41, 5.74) is 7.27. The Kier molecular flexibility index (Phi) is 4.11. The Bertz CT molecular complexity index is 877. The summed E-state index contributed by atoms with van der Waals surface area (Å²) in [5.74, 6) is -0.113. The zero-order valence-corrected chi connectivity index (χ0v) is 12.8. The third-order valence-electron chi connectivity index (χ3n) is 3.17. The number of alkyl halides is 3. The summed E-state index contributed by atoms with van der Waals surface area (Å²) < 4.78 is 42.6. The van der Waals surface area contributed by atoms with E-state index >= 15 is 0 Å². The molecule has 3 aromatic rings. The molecule has 0 aliphatic carbocycles. The van der Waals surface area contributed by atoms with Crippen LogP contribution in [0.25, 0.3) is 16.9 Å². The number of halogens is 4. The molecule has 2 N–H and O–H groups in total. The van der Waals surface area contributed by atoms with Gasteiger partial charge in [0.05, 0.1) is 16.4 Å². The number of anilines is 1. The van der Waals surface area contributed by atoms with Gasteiger partial charge in [0.25, 0.3) is 0 Å². The highest BCUT2D eigenvalue weighted by atomic mass is 35.5. The first kappa shape index (κ1) is 16.2. The van der Waals surface area contributed by atoms with Gasteiger partial charge in [-0.2, -0.15) is 5.10 Å². The van der Waals surface area contributed by atoms with Crippen LogP contribution in [0.1, 0.15) is 0 Å². The van der Waals surface area contributed by atoms with Crippen LogP contribution in [0.15, 0.2) is 54.6 Å². The van der Waals surface area contributed by atoms with Crippen molar-refractivity contribution >= 4 is 17.4 Å². The summed E-state index contributed by atoms with van der Waals surface area (Å²) in [6.45, 7) is 0. The number of nitrogens with two attached hydrogens (primary N) is 1. The van der Waals surface area contributed by atoms with Crippen LogP contribution in [-0.4, -0.2) is 16.1 Å². The first-order chi connectivity index (χ1) is 11.3. The molecule has 0 amide bonds. The van der Waals surface area contributed by atoms with Crippen LogP contribution in [0.2, 0.25) is 5.02 Å². The van der Waals surface area contributed by atoms with Crippen molar-refractivity contribution in [3.05, 3.63) is 59.6 Å². The minimum Gasteiger partial charge on any atom is -0.406 e. The topological polar surface area (TPSA) is 53.1 Å². The molecule has 1 aromatic heterocycles. The van der Waals surface area contributed by atoms with Gasteiger partial charge in [-0.15, -0.1) is 13.2 Å². The maximum atomic E-state index is 12.4. The minimum absolute atomic E-state index is 0.215. The number of nitrogen functional groups attached to an aromatic ring is 1. The zero-order valence-electron chi connectivity index (χ0n) is 12.1. The number of hydrogen-bond donors (Lipinski definition) is 1. The Labute approximate surface area is 140 Å². The van der Waals surface area contributed by atoms with Gasteiger partial charge in [-0.05, 0) is 24.3 Å². The Morgan fingerprint density at radius 2 is 1.79 bits per heavy atom. The highest BCUT2D eigenvalue weighted by molar-refractivity contribution is 6.32. The van der Waals surface area contributed by atoms with Gasteiger partial charge in [-0.1, -0.05) is 35.9 Å². The van der Waals surface area contributed by atoms with Gasteiger partial charge in [0, 0.05) is 11.6 Å². The first-order valence-electron chi connectivity index (χ1n) is 6.80. The van der Waals surface area contributed by atoms with Crippen LogP contribution >= 0.6 is 11.6 Å². The molecule has 0 spiro atoms. The number of nitrogens with zero attached hydrogens (tertiary/aromatic N) is 2. The molecule has 24 heavy (non-hydrogen) atoms. The van der Waals surface area contributed by atoms with Crippen LogP contribution in [0.5, 0.6) is 5.75 Å². The van der Waals surface area contributed by atoms with Crippen molar-refractivity contribution in [2.45, 2.75) is 6.36 Å². The van der Waals surface area contributed by atoms with E-state index in [4.69, 9.17) is 17.3 Å². The van der Waals surface area contributed by atoms with Gasteiger partial charge in [0.1, 0.15) is 11.6 Å². The smallest absolute Gasteiger partial charge is 0.406 e. The molecule has 2 aromatic carbocycles. The van der Waals surface area contributed by atoms with Crippen LogP contribution in [-0.2, 0) is 0 Å². The van der Waals surface area contributed by atoms with Crippen molar-refractivity contribution in [3.63, 3.8) is 0 Å². The molecule has 0 saturated carbocycles. The summed E-state index contributed by atoms with van der Waals surface area (Å²) in [6, 6.07) is 14.1. The molecule has 124 valence electrons. The molecule has 0 bridgehead atoms. The average Bonchev–Trinajstić information content (AvgIpc) is 2.88. The summed E-state index contributed by atoms with van der Waals surface area (Å²) in [4.78, 5) is 0. The molecule has 1 heterocycles. The van der Waals surface area contributed by atoms with Gasteiger partial charge in [-0.25, -0.2) is 4.68 Å². The van der Waals surface area contributed by atoms with E-state index in [1.165, 1.54) is 22.9 Å². The number of rotatable bonds is 3. The van der Waals surface area contributed by atoms with Crippen molar-refractivity contribution < 1.29 is 17.9 Å². The quantitative estimate of drug-likeness (QED) is 0.744. The molecule has 0 atom stereocenters. The van der Waals surface area contributed by atoms with E-state index in [-0.39, 0.29) is 11.6 Å². The fourth-order valence-electron chi connectivity index (χ4n) is 2.26. The summed E-state index contributed by atoms with van der Waals surface area (Å²) in [6.07, 6.45) is -4.76. The lowest BCUT2D eigenvalue weighted by Gasteiger charge is -2.12. The van der Waals surface area contributed by atoms with Gasteiger partial charge < -0.3 is 10.5 Å². The predicted octanol–water partition coefficient (Wildman–Crippen LogP) is 4.67. The van der Waals surface area contributed by atoms with Crippen LogP contribution in [0.4, 0.5) is 19.0 Å². The molecule has 3 rings (SSSR count). The van der Waals surface area contributed by atoms with Crippen molar-refractivity contribution in [1.29, 1.82) is 0 Å². The molecule has 0 aliphatic rings. The molecule has 0 unspecified atom stereocenters. The zero-order chi connectivity index (χ0) is 17.3. The Morgan fingerprint density at radius 1 is 1.04 bits per heavy atom. The van der Waals surface area contributed by atoms with Crippen LogP contribution in [0, 0.1) is 0 Å². The lowest BCUT2D eigenvalue weighted by atomic mass is 10.1. The largest absolute Gasteiger partial charge is 0.573 e. The molecule has 0 radical (unpaired) electrons. The van der Waals surface area contributed by atoms with Crippen LogP contribution in [0.3, 0.4) is 0 Å². The van der Waals surface area contributed by atoms with Crippen molar-refractivity contribution in [3.8, 4) is 22.7 Å². The number of benzene rings is 2. The highest BCUT2D eigenvalue weighted by Gasteiger charge is 2.31. The van der Waals surface area contributed by atoms with Crippen LogP contribution < -0.4 is 10.5 Å². The van der Waals surface area contributed by atoms with Crippen molar-refractivity contribution in [1.82, 2.24) is 9.78 Å². The van der Waals surface area contributed by atoms with E-state index in [2.05, 4.69) is 9.84 Å². The maximum Gasteiger partial charge on any atom is 0.573 e. The molecule has 0 saturated heterocycles. The van der Waals surface area contributed by atoms with Gasteiger partial charge in [0.2, 0.25) is 0 Å². The van der Waals surface area contributed by atoms with E-state index in [0.29, 0.717) is 22.0 Å². The summed E-state index contributed by atoms with van der Waals surface area (Å²) in [5, 5.41) is 4.60. The average molecular weight is 354 g/mol. The number of aromatic nitrogens is 2. The monoisotopic (exact) mass is 353 g/mol. The molecule has 0 fully saturated rings. The summed E-state index contributed by atoms with van der Waals surface area (Å²) >= 11 is 6.17. The van der Waals surface area contributed by atoms with E-state index < -0.39 is 6.36 Å². The Hall–Kier alpha value is -2.67. The van der Waals surface area contributed by atoms with Crippen molar-refractivity contribution in [2.75, 3.05) is 5.73 Å². The van der Waals surface area contributed by atoms with E-state index in [1.54, 1.807) is 36.4 Å². The molecular weight excluding hydrogens is 343 g/mol. The van der Waals surface area contributed by atoms with Crippen molar-refractivity contribution in [2.24, 2.45) is 0 Å². The molecular formula is C16H11ClF3N3O. The third-order valence-corrected chi connectivity index (χ3v) is 3.49. The second-order valence-corrected chi connectivity index (χ2v) is 5.30. The maximum absolute atomic E-state index is 12.4. The Morgan fingerprint density at radius 3 is 2.50 bits per heavy atom. The fraction of sp³-hybridized carbons (Fsp3) is 0.0625. The van der Waals surface area contributed by atoms with E-state index in [9.17, 15) is 13.2 Å². The normalized spacial score (nSPS) is 11.5. The molecule has 8 heteroatoms. The van der Waals surface area contributed by atoms with E-state index in [1.807, 2.05) is 0 Å². The SMILES string of the molecule is Nc1cc(-c2cccc(OC(F)(F)F)c2)n(-c2ccccc2Cl)n1. The van der Waals surface area contributed by atoms with E-state index in [0.717, 1.165) is 0 Å². The predicted molar refractivity (Wildman–Crippen MR) is 85.1 cm³/mol. The summed E-state index contributed by atoms with van der Waals surface area (Å²) in [7, 11) is 0. The first-order valence-corrected chi connectivity index (χ1v) is 7.18. The lowest BCUT2D eigenvalue weighted by Crippen LogP contribution is -2.17. The second kappa shape index (κ2) is 6.09. The fourth-order valence-corrected chi connectivity index (χ4v) is 2.48. The highest BCUT2D eigenvalue weighted by Crippen LogP contribution is 2.31. The van der Waals surface area contributed by atoms with Gasteiger partial charge >= 0.3 is 6.36 Å². The lowest BCUT2D eigenvalue weighted by molar-refractivity contribution is -0.274. The van der Waals surface area contributed by atoms with Gasteiger partial charge in [0.15, 0.2) is 0 Å². The standard InChI is InChI=1S/C16H11ClF3N3O/c17-12-6-1-2-7-13(12)23-14(9-15(21)22-23)10-4-3-5-11(8-10)24-16(18,19)20/h1-9H,(H2,21,22). The molecule has 4 nitrogen and oxygen atoms in total. The number of hydrogen-bond acceptors (Lipinski definition) is 3. The minimum atomic E-state index is -4.76. The van der Waals surface area contributed by atoms with Gasteiger partial charge in [-0.3, -0.25) is 0 Å².